The third-order valence-electron chi connectivity index (χ3n) is 2.60. The van der Waals surface area contributed by atoms with Gasteiger partial charge < -0.3 is 5.32 Å². The van der Waals surface area contributed by atoms with Crippen molar-refractivity contribution >= 4 is 0 Å². The first-order chi connectivity index (χ1) is 6.19. The smallest absolute Gasteiger partial charge is 0.0537 e. The predicted octanol–water partition coefficient (Wildman–Crippen LogP) is 2.13. The average Bonchev–Trinajstić information content (AvgIpc) is 2.64. The van der Waals surface area contributed by atoms with Crippen molar-refractivity contribution in [3.8, 4) is 0 Å². The Morgan fingerprint density at radius 3 is 2.77 bits per heavy atom. The predicted molar refractivity (Wildman–Crippen MR) is 54.7 cm³/mol. The molecule has 0 aliphatic rings. The summed E-state index contributed by atoms with van der Waals surface area (Å²) in [5, 5.41) is 7.53. The van der Waals surface area contributed by atoms with Crippen molar-refractivity contribution in [2.24, 2.45) is 0 Å². The fraction of sp³-hybridized carbons (Fsp3) is 0.700. The van der Waals surface area contributed by atoms with Crippen LogP contribution in [0.1, 0.15) is 44.8 Å². The van der Waals surface area contributed by atoms with Crippen molar-refractivity contribution in [1.82, 2.24) is 15.1 Å². The van der Waals surface area contributed by atoms with Gasteiger partial charge in [0.2, 0.25) is 0 Å². The van der Waals surface area contributed by atoms with Gasteiger partial charge in [0.1, 0.15) is 0 Å². The zero-order valence-electron chi connectivity index (χ0n) is 8.91. The van der Waals surface area contributed by atoms with Gasteiger partial charge in [-0.25, -0.2) is 0 Å². The van der Waals surface area contributed by atoms with Crippen molar-refractivity contribution in [1.29, 1.82) is 0 Å². The van der Waals surface area contributed by atoms with Crippen LogP contribution in [0.4, 0.5) is 0 Å². The van der Waals surface area contributed by atoms with Gasteiger partial charge in [-0.3, -0.25) is 4.68 Å². The van der Waals surface area contributed by atoms with E-state index in [0.29, 0.717) is 12.1 Å². The van der Waals surface area contributed by atoms with Crippen molar-refractivity contribution in [2.75, 3.05) is 7.05 Å². The standard InChI is InChI=1S/C10H19N3/c1-5-8(2)13-7-10(6-12-13)9(3)11-4/h6-9,11H,5H2,1-4H3. The van der Waals surface area contributed by atoms with Crippen molar-refractivity contribution in [2.45, 2.75) is 39.3 Å². The molecule has 0 fully saturated rings. The molecule has 1 rings (SSSR count). The number of rotatable bonds is 4. The summed E-state index contributed by atoms with van der Waals surface area (Å²) in [4.78, 5) is 0. The average molecular weight is 181 g/mol. The Morgan fingerprint density at radius 1 is 1.54 bits per heavy atom. The molecule has 74 valence electrons. The SMILES string of the molecule is CCC(C)n1cc(C(C)NC)cn1. The summed E-state index contributed by atoms with van der Waals surface area (Å²) in [5.74, 6) is 0. The fourth-order valence-corrected chi connectivity index (χ4v) is 1.17. The molecule has 0 aromatic carbocycles. The normalized spacial score (nSPS) is 15.7. The van der Waals surface area contributed by atoms with E-state index < -0.39 is 0 Å². The molecule has 1 aromatic rings. The van der Waals surface area contributed by atoms with Gasteiger partial charge >= 0.3 is 0 Å². The van der Waals surface area contributed by atoms with Crippen LogP contribution in [0.3, 0.4) is 0 Å². The first-order valence-electron chi connectivity index (χ1n) is 4.90. The van der Waals surface area contributed by atoms with Crippen LogP contribution in [0.5, 0.6) is 0 Å². The highest BCUT2D eigenvalue weighted by molar-refractivity contribution is 5.09. The summed E-state index contributed by atoms with van der Waals surface area (Å²) in [6, 6.07) is 0.885. The molecule has 2 atom stereocenters. The first-order valence-corrected chi connectivity index (χ1v) is 4.90. The molecule has 0 saturated heterocycles. The van der Waals surface area contributed by atoms with E-state index in [1.165, 1.54) is 5.56 Å². The minimum atomic E-state index is 0.387. The van der Waals surface area contributed by atoms with Crippen LogP contribution in [-0.2, 0) is 0 Å². The second-order valence-corrected chi connectivity index (χ2v) is 3.52. The van der Waals surface area contributed by atoms with Gasteiger partial charge in [0.15, 0.2) is 0 Å². The van der Waals surface area contributed by atoms with Crippen molar-refractivity contribution < 1.29 is 0 Å². The van der Waals surface area contributed by atoms with Gasteiger partial charge in [0.05, 0.1) is 6.20 Å². The summed E-state index contributed by atoms with van der Waals surface area (Å²) in [7, 11) is 1.96. The molecule has 0 amide bonds. The lowest BCUT2D eigenvalue weighted by Gasteiger charge is -2.09. The van der Waals surface area contributed by atoms with E-state index in [4.69, 9.17) is 0 Å². The van der Waals surface area contributed by atoms with Gasteiger partial charge in [0.25, 0.3) is 0 Å². The highest BCUT2D eigenvalue weighted by Crippen LogP contribution is 2.14. The largest absolute Gasteiger partial charge is 0.313 e. The number of nitrogens with one attached hydrogen (secondary N) is 1. The van der Waals surface area contributed by atoms with E-state index >= 15 is 0 Å². The van der Waals surface area contributed by atoms with E-state index in [2.05, 4.69) is 37.4 Å². The molecule has 2 unspecified atom stereocenters. The van der Waals surface area contributed by atoms with E-state index in [9.17, 15) is 0 Å². The molecule has 0 aliphatic carbocycles. The molecule has 0 bridgehead atoms. The molecule has 3 heteroatoms. The van der Waals surface area contributed by atoms with Crippen LogP contribution in [0.25, 0.3) is 0 Å². The Balaban J connectivity index is 2.74. The van der Waals surface area contributed by atoms with Crippen LogP contribution in [-0.4, -0.2) is 16.8 Å². The highest BCUT2D eigenvalue weighted by atomic mass is 15.3. The molecule has 1 heterocycles. The monoisotopic (exact) mass is 181 g/mol. The second kappa shape index (κ2) is 4.42. The van der Waals surface area contributed by atoms with Gasteiger partial charge in [-0.05, 0) is 27.3 Å². The van der Waals surface area contributed by atoms with Gasteiger partial charge in [-0.2, -0.15) is 5.10 Å². The molecule has 0 aliphatic heterocycles. The van der Waals surface area contributed by atoms with Crippen LogP contribution in [0.15, 0.2) is 12.4 Å². The van der Waals surface area contributed by atoms with Gasteiger partial charge in [-0.1, -0.05) is 6.92 Å². The summed E-state index contributed by atoms with van der Waals surface area (Å²) < 4.78 is 2.03. The Morgan fingerprint density at radius 2 is 2.23 bits per heavy atom. The van der Waals surface area contributed by atoms with Crippen LogP contribution < -0.4 is 5.32 Å². The minimum absolute atomic E-state index is 0.387. The fourth-order valence-electron chi connectivity index (χ4n) is 1.17. The summed E-state index contributed by atoms with van der Waals surface area (Å²) in [6.45, 7) is 6.49. The van der Waals surface area contributed by atoms with Crippen LogP contribution >= 0.6 is 0 Å². The Hall–Kier alpha value is -0.830. The van der Waals surface area contributed by atoms with E-state index in [1.807, 2.05) is 17.9 Å². The summed E-state index contributed by atoms with van der Waals surface area (Å²) >= 11 is 0. The number of hydrogen-bond donors (Lipinski definition) is 1. The molecule has 3 nitrogen and oxygen atoms in total. The molecule has 0 radical (unpaired) electrons. The van der Waals surface area contributed by atoms with E-state index in [0.717, 1.165) is 6.42 Å². The van der Waals surface area contributed by atoms with Crippen molar-refractivity contribution in [3.05, 3.63) is 18.0 Å². The number of hydrogen-bond acceptors (Lipinski definition) is 2. The highest BCUT2D eigenvalue weighted by Gasteiger charge is 2.07. The lowest BCUT2D eigenvalue weighted by Crippen LogP contribution is -2.11. The van der Waals surface area contributed by atoms with Gasteiger partial charge in [-0.15, -0.1) is 0 Å². The second-order valence-electron chi connectivity index (χ2n) is 3.52. The summed E-state index contributed by atoms with van der Waals surface area (Å²) in [5.41, 5.74) is 1.25. The van der Waals surface area contributed by atoms with Crippen LogP contribution in [0, 0.1) is 0 Å². The molecular weight excluding hydrogens is 162 g/mol. The molecule has 0 saturated carbocycles. The zero-order valence-corrected chi connectivity index (χ0v) is 8.91. The summed E-state index contributed by atoms with van der Waals surface area (Å²) in [6.07, 6.45) is 5.18. The Bertz CT molecular complexity index is 230. The third-order valence-corrected chi connectivity index (χ3v) is 2.60. The minimum Gasteiger partial charge on any atom is -0.313 e. The van der Waals surface area contributed by atoms with E-state index in [1.54, 1.807) is 0 Å². The van der Waals surface area contributed by atoms with E-state index in [-0.39, 0.29) is 0 Å². The third kappa shape index (κ3) is 2.31. The topological polar surface area (TPSA) is 29.9 Å². The van der Waals surface area contributed by atoms with Crippen molar-refractivity contribution in [3.63, 3.8) is 0 Å². The molecule has 13 heavy (non-hydrogen) atoms. The Labute approximate surface area is 80.1 Å². The molecule has 1 aromatic heterocycles. The zero-order chi connectivity index (χ0) is 9.84. The molecule has 0 spiro atoms. The lowest BCUT2D eigenvalue weighted by atomic mass is 10.2. The maximum absolute atomic E-state index is 4.33. The Kier molecular flexibility index (Phi) is 3.48. The lowest BCUT2D eigenvalue weighted by molar-refractivity contribution is 0.477. The molecule has 1 N–H and O–H groups in total. The van der Waals surface area contributed by atoms with Gasteiger partial charge in [0, 0.05) is 23.8 Å². The maximum atomic E-state index is 4.33. The quantitative estimate of drug-likeness (QED) is 0.771. The maximum Gasteiger partial charge on any atom is 0.0537 e. The number of nitrogens with zero attached hydrogens (tertiary/aromatic N) is 2. The molecular formula is C10H19N3. The first kappa shape index (κ1) is 10.3. The number of aromatic nitrogens is 2. The van der Waals surface area contributed by atoms with Crippen LogP contribution in [0.2, 0.25) is 0 Å².